The van der Waals surface area contributed by atoms with Crippen LogP contribution in [0.15, 0.2) is 18.3 Å². The summed E-state index contributed by atoms with van der Waals surface area (Å²) >= 11 is 5.83. The molecule has 0 bridgehead atoms. The average Bonchev–Trinajstić information content (AvgIpc) is 2.45. The third-order valence-corrected chi connectivity index (χ3v) is 3.04. The van der Waals surface area contributed by atoms with Crippen LogP contribution in [0.4, 0.5) is 0 Å². The second-order valence-electron chi connectivity index (χ2n) is 3.97. The lowest BCUT2D eigenvalue weighted by molar-refractivity contribution is -0.151. The summed E-state index contributed by atoms with van der Waals surface area (Å²) in [5.74, 6) is -0.865. The van der Waals surface area contributed by atoms with Gasteiger partial charge in [-0.1, -0.05) is 11.6 Å². The molecule has 19 heavy (non-hydrogen) atoms. The number of hydrogen-bond acceptors (Lipinski definition) is 5. The van der Waals surface area contributed by atoms with E-state index in [-0.39, 0.29) is 18.2 Å². The third kappa shape index (κ3) is 3.02. The van der Waals surface area contributed by atoms with Crippen LogP contribution in [0.3, 0.4) is 0 Å². The Morgan fingerprint density at radius 3 is 3.05 bits per heavy atom. The van der Waals surface area contributed by atoms with Crippen molar-refractivity contribution < 1.29 is 19.1 Å². The Bertz CT molecular complexity index is 494. The largest absolute Gasteiger partial charge is 0.467 e. The summed E-state index contributed by atoms with van der Waals surface area (Å²) in [6, 6.07) is 2.30. The minimum absolute atomic E-state index is 0.124. The Morgan fingerprint density at radius 2 is 2.37 bits per heavy atom. The highest BCUT2D eigenvalue weighted by Gasteiger charge is 2.34. The van der Waals surface area contributed by atoms with E-state index in [0.29, 0.717) is 18.2 Å². The maximum atomic E-state index is 12.3. The Balaban J connectivity index is 2.22. The molecular formula is C12H13ClN2O4. The van der Waals surface area contributed by atoms with Crippen LogP contribution in [0.1, 0.15) is 10.5 Å². The van der Waals surface area contributed by atoms with Crippen molar-refractivity contribution in [1.82, 2.24) is 9.88 Å². The van der Waals surface area contributed by atoms with Gasteiger partial charge in [0.2, 0.25) is 0 Å². The van der Waals surface area contributed by atoms with E-state index in [4.69, 9.17) is 16.3 Å². The van der Waals surface area contributed by atoms with Crippen molar-refractivity contribution in [1.29, 1.82) is 0 Å². The van der Waals surface area contributed by atoms with Gasteiger partial charge in [-0.2, -0.15) is 0 Å². The number of methoxy groups -OCH3 is 1. The first-order chi connectivity index (χ1) is 9.13. The first-order valence-electron chi connectivity index (χ1n) is 5.71. The molecule has 1 atom stereocenters. The zero-order valence-electron chi connectivity index (χ0n) is 10.3. The van der Waals surface area contributed by atoms with Crippen LogP contribution >= 0.6 is 11.6 Å². The highest BCUT2D eigenvalue weighted by molar-refractivity contribution is 6.30. The Hall–Kier alpha value is -1.66. The van der Waals surface area contributed by atoms with Gasteiger partial charge in [-0.25, -0.2) is 4.79 Å². The van der Waals surface area contributed by atoms with Crippen molar-refractivity contribution in [3.8, 4) is 0 Å². The summed E-state index contributed by atoms with van der Waals surface area (Å²) in [4.78, 5) is 29.3. The number of aromatic nitrogens is 1. The lowest BCUT2D eigenvalue weighted by Gasteiger charge is -2.33. The summed E-state index contributed by atoms with van der Waals surface area (Å²) in [6.45, 7) is 0.811. The van der Waals surface area contributed by atoms with E-state index in [1.807, 2.05) is 0 Å². The number of carbonyl (C=O) groups is 2. The van der Waals surface area contributed by atoms with Gasteiger partial charge in [-0.3, -0.25) is 9.78 Å². The van der Waals surface area contributed by atoms with Crippen molar-refractivity contribution in [3.05, 3.63) is 29.0 Å². The summed E-state index contributed by atoms with van der Waals surface area (Å²) < 4.78 is 9.87. The summed E-state index contributed by atoms with van der Waals surface area (Å²) in [7, 11) is 1.28. The fraction of sp³-hybridized carbons (Fsp3) is 0.417. The van der Waals surface area contributed by atoms with Gasteiger partial charge in [0, 0.05) is 17.8 Å². The summed E-state index contributed by atoms with van der Waals surface area (Å²) in [5, 5.41) is 0.418. The molecule has 2 rings (SSSR count). The van der Waals surface area contributed by atoms with Crippen LogP contribution in [-0.2, 0) is 14.3 Å². The maximum absolute atomic E-state index is 12.3. The van der Waals surface area contributed by atoms with E-state index in [0.717, 1.165) is 0 Å². The quantitative estimate of drug-likeness (QED) is 0.750. The molecule has 7 heteroatoms. The zero-order chi connectivity index (χ0) is 13.8. The molecule has 1 unspecified atom stereocenters. The number of amides is 1. The molecule has 1 aromatic rings. The first kappa shape index (κ1) is 13.8. The highest BCUT2D eigenvalue weighted by Crippen LogP contribution is 2.15. The predicted octanol–water partition coefficient (Wildman–Crippen LogP) is 0.749. The molecule has 0 radical (unpaired) electrons. The molecule has 0 saturated carbocycles. The molecule has 1 saturated heterocycles. The third-order valence-electron chi connectivity index (χ3n) is 2.80. The number of pyridine rings is 1. The highest BCUT2D eigenvalue weighted by atomic mass is 35.5. The second kappa shape index (κ2) is 5.99. The van der Waals surface area contributed by atoms with Crippen molar-refractivity contribution in [2.45, 2.75) is 6.04 Å². The van der Waals surface area contributed by atoms with Gasteiger partial charge in [0.15, 0.2) is 6.04 Å². The molecule has 1 fully saturated rings. The van der Waals surface area contributed by atoms with Crippen LogP contribution in [0, 0.1) is 0 Å². The van der Waals surface area contributed by atoms with Gasteiger partial charge in [0.25, 0.3) is 5.91 Å². The molecule has 0 N–H and O–H groups in total. The molecule has 2 heterocycles. The standard InChI is InChI=1S/C12H13ClN2O4/c1-18-12(17)10-7-19-5-4-15(10)11(16)9-6-8(13)2-3-14-9/h2-3,6,10H,4-5,7H2,1H3. The number of ether oxygens (including phenoxy) is 2. The fourth-order valence-electron chi connectivity index (χ4n) is 1.85. The minimum Gasteiger partial charge on any atom is -0.467 e. The van der Waals surface area contributed by atoms with E-state index in [9.17, 15) is 9.59 Å². The Labute approximate surface area is 115 Å². The van der Waals surface area contributed by atoms with Crippen LogP contribution in [0.25, 0.3) is 0 Å². The lowest BCUT2D eigenvalue weighted by Crippen LogP contribution is -2.53. The maximum Gasteiger partial charge on any atom is 0.331 e. The van der Waals surface area contributed by atoms with Crippen molar-refractivity contribution >= 4 is 23.5 Å². The molecule has 102 valence electrons. The smallest absolute Gasteiger partial charge is 0.331 e. The second-order valence-corrected chi connectivity index (χ2v) is 4.41. The first-order valence-corrected chi connectivity index (χ1v) is 6.09. The van der Waals surface area contributed by atoms with E-state index in [1.54, 1.807) is 6.07 Å². The topological polar surface area (TPSA) is 68.7 Å². The number of nitrogens with zero attached hydrogens (tertiary/aromatic N) is 2. The molecule has 1 amide bonds. The van der Waals surface area contributed by atoms with Gasteiger partial charge in [0.05, 0.1) is 20.3 Å². The number of esters is 1. The van der Waals surface area contributed by atoms with Gasteiger partial charge >= 0.3 is 5.97 Å². The molecular weight excluding hydrogens is 272 g/mol. The van der Waals surface area contributed by atoms with Gasteiger partial charge in [-0.15, -0.1) is 0 Å². The van der Waals surface area contributed by atoms with E-state index in [2.05, 4.69) is 9.72 Å². The lowest BCUT2D eigenvalue weighted by atomic mass is 10.2. The number of hydrogen-bond donors (Lipinski definition) is 0. The van der Waals surface area contributed by atoms with Crippen LogP contribution < -0.4 is 0 Å². The van der Waals surface area contributed by atoms with Gasteiger partial charge in [0.1, 0.15) is 5.69 Å². The van der Waals surface area contributed by atoms with E-state index < -0.39 is 12.0 Å². The minimum atomic E-state index is -0.743. The number of rotatable bonds is 2. The van der Waals surface area contributed by atoms with Crippen LogP contribution in [0.5, 0.6) is 0 Å². The van der Waals surface area contributed by atoms with E-state index >= 15 is 0 Å². The molecule has 1 aliphatic rings. The molecule has 0 spiro atoms. The fourth-order valence-corrected chi connectivity index (χ4v) is 2.01. The zero-order valence-corrected chi connectivity index (χ0v) is 11.1. The normalized spacial score (nSPS) is 19.1. The Kier molecular flexibility index (Phi) is 4.34. The number of halogens is 1. The van der Waals surface area contributed by atoms with Crippen molar-refractivity contribution in [2.75, 3.05) is 26.9 Å². The SMILES string of the molecule is COC(=O)C1COCCN1C(=O)c1cc(Cl)ccn1. The monoisotopic (exact) mass is 284 g/mol. The number of carbonyl (C=O) groups excluding carboxylic acids is 2. The van der Waals surface area contributed by atoms with Crippen molar-refractivity contribution in [3.63, 3.8) is 0 Å². The van der Waals surface area contributed by atoms with Crippen LogP contribution in [0.2, 0.25) is 5.02 Å². The van der Waals surface area contributed by atoms with Crippen LogP contribution in [-0.4, -0.2) is 54.7 Å². The molecule has 0 aliphatic carbocycles. The summed E-state index contributed by atoms with van der Waals surface area (Å²) in [6.07, 6.45) is 1.45. The number of morpholine rings is 1. The molecule has 1 aromatic heterocycles. The average molecular weight is 285 g/mol. The van der Waals surface area contributed by atoms with Crippen molar-refractivity contribution in [2.24, 2.45) is 0 Å². The predicted molar refractivity (Wildman–Crippen MR) is 66.9 cm³/mol. The van der Waals surface area contributed by atoms with E-state index in [1.165, 1.54) is 24.3 Å². The van der Waals surface area contributed by atoms with Gasteiger partial charge < -0.3 is 14.4 Å². The summed E-state index contributed by atoms with van der Waals surface area (Å²) in [5.41, 5.74) is 0.198. The van der Waals surface area contributed by atoms with Gasteiger partial charge in [-0.05, 0) is 12.1 Å². The Morgan fingerprint density at radius 1 is 1.58 bits per heavy atom. The molecule has 1 aliphatic heterocycles. The molecule has 6 nitrogen and oxygen atoms in total. The molecule has 0 aromatic carbocycles.